The topological polar surface area (TPSA) is 62.5 Å². The molecule has 0 aliphatic carbocycles. The second kappa shape index (κ2) is 7.82. The van der Waals surface area contributed by atoms with E-state index >= 15 is 0 Å². The monoisotopic (exact) mass is 445 g/mol. The first-order chi connectivity index (χ1) is 13.9. The van der Waals surface area contributed by atoms with Crippen molar-refractivity contribution in [2.75, 3.05) is 0 Å². The van der Waals surface area contributed by atoms with E-state index in [9.17, 15) is 15.0 Å². The van der Waals surface area contributed by atoms with Gasteiger partial charge in [-0.15, -0.1) is 0 Å². The molecule has 1 heterocycles. The van der Waals surface area contributed by atoms with Gasteiger partial charge in [-0.3, -0.25) is 4.79 Å². The van der Waals surface area contributed by atoms with Crippen molar-refractivity contribution >= 4 is 51.5 Å². The van der Waals surface area contributed by atoms with E-state index in [0.717, 1.165) is 0 Å². The fraction of sp³-hybridized carbons (Fsp3) is 0.0455. The minimum atomic E-state index is -1.91. The number of carbonyl (C=O) groups is 1. The third-order valence-electron chi connectivity index (χ3n) is 4.61. The Labute approximate surface area is 181 Å². The summed E-state index contributed by atoms with van der Waals surface area (Å²) in [5.41, 5.74) is 1.71. The number of ketones is 1. The maximum atomic E-state index is 13.4. The van der Waals surface area contributed by atoms with Crippen LogP contribution >= 0.6 is 34.8 Å². The molecule has 0 fully saturated rings. The van der Waals surface area contributed by atoms with Crippen LogP contribution in [0.4, 0.5) is 0 Å². The van der Waals surface area contributed by atoms with Crippen molar-refractivity contribution in [1.82, 2.24) is 4.57 Å². The summed E-state index contributed by atoms with van der Waals surface area (Å²) in [6, 6.07) is 18.3. The largest absolute Gasteiger partial charge is 0.363 e. The summed E-state index contributed by atoms with van der Waals surface area (Å²) < 4.78 is 1.60. The van der Waals surface area contributed by atoms with Crippen LogP contribution in [0, 0.1) is 0 Å². The molecule has 0 aliphatic heterocycles. The normalized spacial score (nSPS) is 11.4. The number of benzene rings is 3. The molecule has 0 bridgehead atoms. The first-order valence-electron chi connectivity index (χ1n) is 8.63. The summed E-state index contributed by atoms with van der Waals surface area (Å²) in [7, 11) is 0. The molecular formula is C22H14Cl3NO3. The van der Waals surface area contributed by atoms with Gasteiger partial charge >= 0.3 is 0 Å². The fourth-order valence-corrected chi connectivity index (χ4v) is 3.89. The maximum absolute atomic E-state index is 13.4. The summed E-state index contributed by atoms with van der Waals surface area (Å²) in [6.07, 6.45) is -1.91. The number of aliphatic hydroxyl groups excluding tert-OH is 1. The van der Waals surface area contributed by atoms with E-state index in [-0.39, 0.29) is 17.0 Å². The second-order valence-corrected chi connectivity index (χ2v) is 7.76. The van der Waals surface area contributed by atoms with E-state index in [2.05, 4.69) is 0 Å². The molecule has 0 saturated heterocycles. The molecule has 0 spiro atoms. The number of aliphatic hydroxyl groups is 2. The first kappa shape index (κ1) is 20.0. The Hall–Kier alpha value is -2.34. The molecule has 4 aromatic rings. The van der Waals surface area contributed by atoms with Crippen LogP contribution in [-0.4, -0.2) is 20.6 Å². The average molecular weight is 447 g/mol. The van der Waals surface area contributed by atoms with Gasteiger partial charge in [-0.25, -0.2) is 0 Å². The molecule has 4 rings (SSSR count). The number of fused-ring (bicyclic) bond motifs is 1. The Morgan fingerprint density at radius 1 is 0.828 bits per heavy atom. The number of nitrogens with zero attached hydrogens (tertiary/aromatic N) is 1. The Kier molecular flexibility index (Phi) is 5.38. The summed E-state index contributed by atoms with van der Waals surface area (Å²) in [6.45, 7) is 0. The molecule has 2 N–H and O–H groups in total. The van der Waals surface area contributed by atoms with Crippen LogP contribution in [0.2, 0.25) is 15.1 Å². The third kappa shape index (κ3) is 3.66. The van der Waals surface area contributed by atoms with Gasteiger partial charge in [0.15, 0.2) is 12.1 Å². The average Bonchev–Trinajstić information content (AvgIpc) is 3.02. The molecule has 0 aliphatic rings. The quantitative estimate of drug-likeness (QED) is 0.307. The van der Waals surface area contributed by atoms with Crippen molar-refractivity contribution in [2.45, 2.75) is 6.29 Å². The molecule has 1 aromatic heterocycles. The predicted octanol–water partition coefficient (Wildman–Crippen LogP) is 5.80. The van der Waals surface area contributed by atoms with Crippen molar-refractivity contribution in [3.8, 4) is 5.69 Å². The fourth-order valence-electron chi connectivity index (χ4n) is 3.41. The molecule has 3 aromatic carbocycles. The SMILES string of the molecule is O=C(c1cccc(Cl)c1)c1c(C(O)O)n(-c2ccc(Cl)cc2)c2cc(Cl)ccc12. The molecule has 0 unspecified atom stereocenters. The standard InChI is InChI=1S/C22H14Cl3NO3/c23-13-4-7-16(8-5-13)26-18-11-15(25)6-9-17(18)19(20(26)22(28)29)21(27)12-2-1-3-14(24)10-12/h1-11,22,28-29H. The third-order valence-corrected chi connectivity index (χ3v) is 5.33. The van der Waals surface area contributed by atoms with E-state index in [1.165, 1.54) is 0 Å². The van der Waals surface area contributed by atoms with Crippen LogP contribution in [0.3, 0.4) is 0 Å². The van der Waals surface area contributed by atoms with Gasteiger partial charge in [0.05, 0.1) is 16.8 Å². The van der Waals surface area contributed by atoms with Gasteiger partial charge < -0.3 is 14.8 Å². The highest BCUT2D eigenvalue weighted by atomic mass is 35.5. The zero-order valence-electron chi connectivity index (χ0n) is 14.8. The summed E-state index contributed by atoms with van der Waals surface area (Å²) >= 11 is 18.2. The van der Waals surface area contributed by atoms with E-state index in [0.29, 0.717) is 37.2 Å². The van der Waals surface area contributed by atoms with Crippen molar-refractivity contribution in [3.05, 3.63) is 98.6 Å². The smallest absolute Gasteiger partial charge is 0.195 e. The van der Waals surface area contributed by atoms with Crippen LogP contribution in [-0.2, 0) is 0 Å². The van der Waals surface area contributed by atoms with Crippen LogP contribution in [0.15, 0.2) is 66.7 Å². The summed E-state index contributed by atoms with van der Waals surface area (Å²) in [5.74, 6) is -0.379. The lowest BCUT2D eigenvalue weighted by molar-refractivity contribution is -0.0471. The van der Waals surface area contributed by atoms with Crippen LogP contribution in [0.1, 0.15) is 27.9 Å². The number of carbonyl (C=O) groups excluding carboxylic acids is 1. The minimum absolute atomic E-state index is 0.0366. The van der Waals surface area contributed by atoms with Crippen molar-refractivity contribution in [2.24, 2.45) is 0 Å². The van der Waals surface area contributed by atoms with Gasteiger partial charge in [0.2, 0.25) is 0 Å². The van der Waals surface area contributed by atoms with E-state index in [1.807, 2.05) is 0 Å². The molecule has 29 heavy (non-hydrogen) atoms. The highest BCUT2D eigenvalue weighted by molar-refractivity contribution is 6.32. The lowest BCUT2D eigenvalue weighted by Gasteiger charge is -2.14. The maximum Gasteiger partial charge on any atom is 0.195 e. The Morgan fingerprint density at radius 2 is 1.48 bits per heavy atom. The van der Waals surface area contributed by atoms with Crippen LogP contribution in [0.5, 0.6) is 0 Å². The number of aromatic nitrogens is 1. The highest BCUT2D eigenvalue weighted by Gasteiger charge is 2.28. The van der Waals surface area contributed by atoms with Crippen molar-refractivity contribution in [1.29, 1.82) is 0 Å². The molecule has 0 atom stereocenters. The number of hydrogen-bond donors (Lipinski definition) is 2. The number of rotatable bonds is 4. The minimum Gasteiger partial charge on any atom is -0.363 e. The van der Waals surface area contributed by atoms with E-state index < -0.39 is 6.29 Å². The van der Waals surface area contributed by atoms with Gasteiger partial charge in [-0.05, 0) is 48.5 Å². The van der Waals surface area contributed by atoms with Gasteiger partial charge in [-0.2, -0.15) is 0 Å². The van der Waals surface area contributed by atoms with Gasteiger partial charge in [-0.1, -0.05) is 53.0 Å². The van der Waals surface area contributed by atoms with E-state index in [4.69, 9.17) is 34.8 Å². The molecular weight excluding hydrogens is 433 g/mol. The Morgan fingerprint density at radius 3 is 2.14 bits per heavy atom. The van der Waals surface area contributed by atoms with Crippen LogP contribution in [0.25, 0.3) is 16.6 Å². The van der Waals surface area contributed by atoms with Crippen molar-refractivity contribution in [3.63, 3.8) is 0 Å². The summed E-state index contributed by atoms with van der Waals surface area (Å²) in [5, 5.41) is 22.4. The lowest BCUT2D eigenvalue weighted by Crippen LogP contribution is -2.11. The van der Waals surface area contributed by atoms with Gasteiger partial charge in [0, 0.05) is 31.7 Å². The first-order valence-corrected chi connectivity index (χ1v) is 9.76. The van der Waals surface area contributed by atoms with E-state index in [1.54, 1.807) is 71.3 Å². The Balaban J connectivity index is 2.08. The zero-order chi connectivity index (χ0) is 20.7. The molecule has 0 radical (unpaired) electrons. The number of halogens is 3. The molecule has 146 valence electrons. The molecule has 0 saturated carbocycles. The van der Waals surface area contributed by atoms with Gasteiger partial charge in [0.1, 0.15) is 0 Å². The van der Waals surface area contributed by atoms with Crippen molar-refractivity contribution < 1.29 is 15.0 Å². The Bertz CT molecular complexity index is 1230. The highest BCUT2D eigenvalue weighted by Crippen LogP contribution is 2.36. The molecule has 4 nitrogen and oxygen atoms in total. The zero-order valence-corrected chi connectivity index (χ0v) is 17.1. The lowest BCUT2D eigenvalue weighted by atomic mass is 10.00. The predicted molar refractivity (Wildman–Crippen MR) is 115 cm³/mol. The van der Waals surface area contributed by atoms with Crippen LogP contribution < -0.4 is 0 Å². The molecule has 7 heteroatoms. The molecule has 0 amide bonds. The summed E-state index contributed by atoms with van der Waals surface area (Å²) in [4.78, 5) is 13.4. The van der Waals surface area contributed by atoms with Gasteiger partial charge in [0.25, 0.3) is 0 Å². The second-order valence-electron chi connectivity index (χ2n) is 6.45. The number of hydrogen-bond acceptors (Lipinski definition) is 3.